The molecule has 6 heteroatoms. The third-order valence-corrected chi connectivity index (χ3v) is 6.42. The third kappa shape index (κ3) is 4.31. The molecule has 1 aliphatic heterocycles. The van der Waals surface area contributed by atoms with Crippen molar-refractivity contribution in [2.24, 2.45) is 11.8 Å². The summed E-state index contributed by atoms with van der Waals surface area (Å²) in [7, 11) is -3.29. The first-order valence-corrected chi connectivity index (χ1v) is 9.41. The van der Waals surface area contributed by atoms with Gasteiger partial charge in [-0.3, -0.25) is 0 Å². The second-order valence-corrected chi connectivity index (χ2v) is 7.84. The summed E-state index contributed by atoms with van der Waals surface area (Å²) >= 11 is 5.94. The number of nitrogens with one attached hydrogen (secondary N) is 1. The molecule has 0 aromatic rings. The molecule has 19 heavy (non-hydrogen) atoms. The molecule has 2 unspecified atom stereocenters. The van der Waals surface area contributed by atoms with Crippen LogP contribution >= 0.6 is 11.6 Å². The Bertz CT molecular complexity index is 367. The van der Waals surface area contributed by atoms with Crippen LogP contribution in [0.1, 0.15) is 44.9 Å². The average Bonchev–Trinajstić information content (AvgIpc) is 2.66. The third-order valence-electron chi connectivity index (χ3n) is 4.45. The lowest BCUT2D eigenvalue weighted by Crippen LogP contribution is -2.43. The summed E-state index contributed by atoms with van der Waals surface area (Å²) in [5.41, 5.74) is 0. The SMILES string of the molecule is O=S(=O)(NCC1CCCC1CCl)N1CCCCCC1. The molecular formula is C13H25ClN2O2S. The van der Waals surface area contributed by atoms with Crippen LogP contribution in [0.2, 0.25) is 0 Å². The van der Waals surface area contributed by atoms with Gasteiger partial charge in [-0.2, -0.15) is 12.7 Å². The Kier molecular flexibility index (Phi) is 5.93. The first kappa shape index (κ1) is 15.5. The second-order valence-electron chi connectivity index (χ2n) is 5.77. The van der Waals surface area contributed by atoms with E-state index in [2.05, 4.69) is 4.72 Å². The number of hydrogen-bond donors (Lipinski definition) is 1. The predicted molar refractivity (Wildman–Crippen MR) is 78.5 cm³/mol. The largest absolute Gasteiger partial charge is 0.279 e. The Balaban J connectivity index is 1.86. The second kappa shape index (κ2) is 7.25. The number of nitrogens with zero attached hydrogens (tertiary/aromatic N) is 1. The predicted octanol–water partition coefficient (Wildman–Crippen LogP) is 2.35. The summed E-state index contributed by atoms with van der Waals surface area (Å²) in [5.74, 6) is 1.54. The molecule has 2 atom stereocenters. The first-order valence-electron chi connectivity index (χ1n) is 7.44. The van der Waals surface area contributed by atoms with E-state index in [-0.39, 0.29) is 0 Å². The van der Waals surface area contributed by atoms with Crippen LogP contribution in [0.5, 0.6) is 0 Å². The van der Waals surface area contributed by atoms with Gasteiger partial charge in [-0.05, 0) is 37.5 Å². The van der Waals surface area contributed by atoms with E-state index in [1.54, 1.807) is 4.31 Å². The van der Waals surface area contributed by atoms with Crippen molar-refractivity contribution in [1.82, 2.24) is 9.03 Å². The molecule has 1 saturated heterocycles. The molecule has 0 spiro atoms. The highest BCUT2D eigenvalue weighted by Gasteiger charge is 2.29. The molecule has 112 valence electrons. The van der Waals surface area contributed by atoms with Crippen molar-refractivity contribution >= 4 is 21.8 Å². The molecular weight excluding hydrogens is 284 g/mol. The summed E-state index contributed by atoms with van der Waals surface area (Å²) < 4.78 is 29.0. The Morgan fingerprint density at radius 3 is 2.26 bits per heavy atom. The van der Waals surface area contributed by atoms with Gasteiger partial charge in [-0.15, -0.1) is 11.6 Å². The number of halogens is 1. The Hall–Kier alpha value is 0.160. The summed E-state index contributed by atoms with van der Waals surface area (Å²) in [6.45, 7) is 1.88. The molecule has 0 amide bonds. The molecule has 1 saturated carbocycles. The zero-order valence-electron chi connectivity index (χ0n) is 11.5. The van der Waals surface area contributed by atoms with E-state index in [4.69, 9.17) is 11.6 Å². The van der Waals surface area contributed by atoms with Crippen molar-refractivity contribution in [3.63, 3.8) is 0 Å². The van der Waals surface area contributed by atoms with Gasteiger partial charge < -0.3 is 0 Å². The highest BCUT2D eigenvalue weighted by molar-refractivity contribution is 7.87. The first-order chi connectivity index (χ1) is 9.13. The highest BCUT2D eigenvalue weighted by Crippen LogP contribution is 2.32. The van der Waals surface area contributed by atoms with E-state index in [9.17, 15) is 8.42 Å². The van der Waals surface area contributed by atoms with E-state index in [1.807, 2.05) is 0 Å². The van der Waals surface area contributed by atoms with Crippen molar-refractivity contribution in [2.45, 2.75) is 44.9 Å². The maximum absolute atomic E-state index is 12.3. The van der Waals surface area contributed by atoms with Crippen molar-refractivity contribution in [1.29, 1.82) is 0 Å². The quantitative estimate of drug-likeness (QED) is 0.793. The van der Waals surface area contributed by atoms with Gasteiger partial charge in [0.25, 0.3) is 10.2 Å². The Morgan fingerprint density at radius 1 is 1.00 bits per heavy atom. The maximum atomic E-state index is 12.3. The van der Waals surface area contributed by atoms with Crippen molar-refractivity contribution in [3.05, 3.63) is 0 Å². The van der Waals surface area contributed by atoms with E-state index in [0.717, 1.165) is 38.5 Å². The lowest BCUT2D eigenvalue weighted by molar-refractivity contribution is 0.388. The van der Waals surface area contributed by atoms with Crippen LogP contribution in [0.3, 0.4) is 0 Å². The van der Waals surface area contributed by atoms with Crippen molar-refractivity contribution in [2.75, 3.05) is 25.5 Å². The molecule has 2 rings (SSSR count). The van der Waals surface area contributed by atoms with Gasteiger partial charge in [0, 0.05) is 25.5 Å². The molecule has 0 aromatic carbocycles. The van der Waals surface area contributed by atoms with E-state index in [1.165, 1.54) is 6.42 Å². The normalized spacial score (nSPS) is 30.4. The fourth-order valence-electron chi connectivity index (χ4n) is 3.17. The van der Waals surface area contributed by atoms with Crippen molar-refractivity contribution in [3.8, 4) is 0 Å². The molecule has 0 bridgehead atoms. The minimum atomic E-state index is -3.29. The highest BCUT2D eigenvalue weighted by atomic mass is 35.5. The van der Waals surface area contributed by atoms with Gasteiger partial charge in [0.05, 0.1) is 0 Å². The zero-order valence-corrected chi connectivity index (χ0v) is 13.1. The van der Waals surface area contributed by atoms with Crippen LogP contribution in [0.25, 0.3) is 0 Å². The maximum Gasteiger partial charge on any atom is 0.279 e. The standard InChI is InChI=1S/C13H25ClN2O2S/c14-10-12-6-5-7-13(12)11-15-19(17,18)16-8-3-1-2-4-9-16/h12-13,15H,1-11H2. The lowest BCUT2D eigenvalue weighted by Gasteiger charge is -2.23. The van der Waals surface area contributed by atoms with Gasteiger partial charge >= 0.3 is 0 Å². The number of rotatable bonds is 5. The van der Waals surface area contributed by atoms with Gasteiger partial charge in [-0.1, -0.05) is 19.3 Å². The van der Waals surface area contributed by atoms with Crippen LogP contribution in [0, 0.1) is 11.8 Å². The molecule has 2 fully saturated rings. The summed E-state index contributed by atoms with van der Waals surface area (Å²) in [5, 5.41) is 0. The van der Waals surface area contributed by atoms with Crippen LogP contribution in [0.4, 0.5) is 0 Å². The minimum Gasteiger partial charge on any atom is -0.202 e. The van der Waals surface area contributed by atoms with Crippen LogP contribution in [-0.4, -0.2) is 38.2 Å². The monoisotopic (exact) mass is 308 g/mol. The molecule has 0 aromatic heterocycles. The van der Waals surface area contributed by atoms with Gasteiger partial charge in [0.2, 0.25) is 0 Å². The number of hydrogen-bond acceptors (Lipinski definition) is 2. The number of alkyl halides is 1. The van der Waals surface area contributed by atoms with Crippen LogP contribution in [0.15, 0.2) is 0 Å². The van der Waals surface area contributed by atoms with Crippen LogP contribution < -0.4 is 4.72 Å². The Morgan fingerprint density at radius 2 is 1.63 bits per heavy atom. The van der Waals surface area contributed by atoms with E-state index in [0.29, 0.717) is 37.4 Å². The van der Waals surface area contributed by atoms with Crippen molar-refractivity contribution < 1.29 is 8.42 Å². The smallest absolute Gasteiger partial charge is 0.202 e. The fraction of sp³-hybridized carbons (Fsp3) is 1.00. The topological polar surface area (TPSA) is 49.4 Å². The van der Waals surface area contributed by atoms with Crippen LogP contribution in [-0.2, 0) is 10.2 Å². The molecule has 1 N–H and O–H groups in total. The summed E-state index contributed by atoms with van der Waals surface area (Å²) in [4.78, 5) is 0. The molecule has 2 aliphatic rings. The molecule has 0 radical (unpaired) electrons. The molecule has 4 nitrogen and oxygen atoms in total. The van der Waals surface area contributed by atoms with E-state index >= 15 is 0 Å². The van der Waals surface area contributed by atoms with Gasteiger partial charge in [-0.25, -0.2) is 4.72 Å². The zero-order chi connectivity index (χ0) is 13.7. The molecule has 1 aliphatic carbocycles. The van der Waals surface area contributed by atoms with E-state index < -0.39 is 10.2 Å². The summed E-state index contributed by atoms with van der Waals surface area (Å²) in [6, 6.07) is 0. The molecule has 1 heterocycles. The summed E-state index contributed by atoms with van der Waals surface area (Å²) in [6.07, 6.45) is 7.65. The van der Waals surface area contributed by atoms with Gasteiger partial charge in [0.1, 0.15) is 0 Å². The van der Waals surface area contributed by atoms with Gasteiger partial charge in [0.15, 0.2) is 0 Å². The minimum absolute atomic E-state index is 0.416. The lowest BCUT2D eigenvalue weighted by atomic mass is 9.98. The average molecular weight is 309 g/mol. The Labute approximate surface area is 122 Å². The fourth-order valence-corrected chi connectivity index (χ4v) is 4.92.